The monoisotopic (exact) mass is 195 g/mol. The van der Waals surface area contributed by atoms with Crippen molar-refractivity contribution in [1.82, 2.24) is 4.98 Å². The van der Waals surface area contributed by atoms with Gasteiger partial charge in [-0.15, -0.1) is 0 Å². The van der Waals surface area contributed by atoms with Crippen molar-refractivity contribution >= 4 is 11.5 Å². The van der Waals surface area contributed by atoms with Gasteiger partial charge in [-0.2, -0.15) is 5.26 Å². The first kappa shape index (κ1) is 9.22. The summed E-state index contributed by atoms with van der Waals surface area (Å²) in [6.07, 6.45) is 1.71. The molecule has 1 aromatic carbocycles. The number of hydrogen-bond donors (Lipinski definition) is 1. The Hall–Kier alpha value is -2.34. The number of pyridine rings is 1. The summed E-state index contributed by atoms with van der Waals surface area (Å²) >= 11 is 0. The molecule has 2 rings (SSSR count). The molecule has 0 spiro atoms. The summed E-state index contributed by atoms with van der Waals surface area (Å²) in [5.74, 6) is 0.736. The van der Waals surface area contributed by atoms with Gasteiger partial charge in [-0.1, -0.05) is 18.2 Å². The molecule has 0 saturated carbocycles. The predicted octanol–water partition coefficient (Wildman–Crippen LogP) is 2.70. The van der Waals surface area contributed by atoms with E-state index < -0.39 is 0 Å². The van der Waals surface area contributed by atoms with Crippen molar-refractivity contribution in [3.8, 4) is 6.07 Å². The number of hydrogen-bond acceptors (Lipinski definition) is 3. The molecule has 0 radical (unpaired) electrons. The summed E-state index contributed by atoms with van der Waals surface area (Å²) in [5, 5.41) is 12.0. The average molecular weight is 195 g/mol. The second-order valence-corrected chi connectivity index (χ2v) is 3.00. The zero-order valence-corrected chi connectivity index (χ0v) is 8.01. The average Bonchev–Trinajstić information content (AvgIpc) is 2.31. The van der Waals surface area contributed by atoms with Crippen LogP contribution in [-0.2, 0) is 0 Å². The third-order valence-electron chi connectivity index (χ3n) is 1.98. The van der Waals surface area contributed by atoms with Gasteiger partial charge >= 0.3 is 0 Å². The molecule has 0 aliphatic carbocycles. The lowest BCUT2D eigenvalue weighted by atomic mass is 10.2. The van der Waals surface area contributed by atoms with E-state index in [0.717, 1.165) is 11.5 Å². The molecular weight excluding hydrogens is 186 g/mol. The number of aromatic nitrogens is 1. The number of para-hydroxylation sites is 1. The second-order valence-electron chi connectivity index (χ2n) is 3.00. The van der Waals surface area contributed by atoms with Crippen molar-refractivity contribution in [1.29, 1.82) is 5.26 Å². The molecule has 2 aromatic rings. The van der Waals surface area contributed by atoms with Crippen LogP contribution in [0.3, 0.4) is 0 Å². The van der Waals surface area contributed by atoms with Crippen LogP contribution < -0.4 is 5.32 Å². The van der Waals surface area contributed by atoms with Crippen LogP contribution in [0.4, 0.5) is 11.5 Å². The van der Waals surface area contributed by atoms with Gasteiger partial charge in [-0.25, -0.2) is 4.98 Å². The van der Waals surface area contributed by atoms with E-state index in [2.05, 4.69) is 16.4 Å². The van der Waals surface area contributed by atoms with E-state index in [9.17, 15) is 0 Å². The molecule has 0 bridgehead atoms. The summed E-state index contributed by atoms with van der Waals surface area (Å²) in [6, 6.07) is 15.1. The predicted molar refractivity (Wildman–Crippen MR) is 58.7 cm³/mol. The van der Waals surface area contributed by atoms with E-state index >= 15 is 0 Å². The maximum Gasteiger partial charge on any atom is 0.130 e. The highest BCUT2D eigenvalue weighted by Crippen LogP contribution is 2.17. The molecule has 0 aliphatic rings. The fourth-order valence-electron chi connectivity index (χ4n) is 1.26. The molecule has 72 valence electrons. The van der Waals surface area contributed by atoms with E-state index in [4.69, 9.17) is 5.26 Å². The normalized spacial score (nSPS) is 9.27. The van der Waals surface area contributed by atoms with E-state index in [1.54, 1.807) is 12.3 Å². The number of rotatable bonds is 2. The van der Waals surface area contributed by atoms with Gasteiger partial charge in [0.25, 0.3) is 0 Å². The Balaban J connectivity index is 2.29. The van der Waals surface area contributed by atoms with Gasteiger partial charge in [0.2, 0.25) is 0 Å². The molecule has 1 N–H and O–H groups in total. The maximum absolute atomic E-state index is 8.89. The molecule has 0 saturated heterocycles. The van der Waals surface area contributed by atoms with Crippen molar-refractivity contribution in [3.63, 3.8) is 0 Å². The molecule has 0 fully saturated rings. The van der Waals surface area contributed by atoms with Crippen LogP contribution >= 0.6 is 0 Å². The van der Waals surface area contributed by atoms with Crippen molar-refractivity contribution in [2.75, 3.05) is 5.32 Å². The fourth-order valence-corrected chi connectivity index (χ4v) is 1.26. The topological polar surface area (TPSA) is 48.7 Å². The van der Waals surface area contributed by atoms with Crippen LogP contribution in [0, 0.1) is 11.3 Å². The molecule has 0 amide bonds. The van der Waals surface area contributed by atoms with E-state index in [0.29, 0.717) is 5.56 Å². The summed E-state index contributed by atoms with van der Waals surface area (Å²) in [6.45, 7) is 0. The summed E-state index contributed by atoms with van der Waals surface area (Å²) < 4.78 is 0. The summed E-state index contributed by atoms with van der Waals surface area (Å²) in [5.41, 5.74) is 1.39. The first-order chi connectivity index (χ1) is 7.40. The number of anilines is 2. The number of nitrogens with one attached hydrogen (secondary N) is 1. The summed E-state index contributed by atoms with van der Waals surface area (Å²) in [7, 11) is 0. The van der Waals surface area contributed by atoms with Crippen molar-refractivity contribution < 1.29 is 0 Å². The van der Waals surface area contributed by atoms with Gasteiger partial charge in [0, 0.05) is 6.20 Å². The van der Waals surface area contributed by atoms with E-state index in [1.165, 1.54) is 0 Å². The van der Waals surface area contributed by atoms with Gasteiger partial charge in [-0.05, 0) is 24.3 Å². The Labute approximate surface area is 88.0 Å². The van der Waals surface area contributed by atoms with Crippen LogP contribution in [0.5, 0.6) is 0 Å². The minimum absolute atomic E-state index is 0.614. The minimum Gasteiger partial charge on any atom is -0.339 e. The number of benzene rings is 1. The van der Waals surface area contributed by atoms with Crippen LogP contribution in [0.1, 0.15) is 5.56 Å². The van der Waals surface area contributed by atoms with Crippen molar-refractivity contribution in [2.24, 2.45) is 0 Å². The van der Waals surface area contributed by atoms with E-state index in [-0.39, 0.29) is 0 Å². The van der Waals surface area contributed by atoms with Crippen molar-refractivity contribution in [3.05, 3.63) is 54.2 Å². The Kier molecular flexibility index (Phi) is 2.61. The number of nitriles is 1. The van der Waals surface area contributed by atoms with Crippen LogP contribution in [0.2, 0.25) is 0 Å². The number of nitrogens with zero attached hydrogens (tertiary/aromatic N) is 2. The Bertz CT molecular complexity index is 486. The molecule has 1 heterocycles. The Morgan fingerprint density at radius 2 is 1.87 bits per heavy atom. The molecule has 0 atom stereocenters. The summed E-state index contributed by atoms with van der Waals surface area (Å²) in [4.78, 5) is 4.13. The van der Waals surface area contributed by atoms with Gasteiger partial charge in [0.1, 0.15) is 11.9 Å². The first-order valence-corrected chi connectivity index (χ1v) is 4.57. The zero-order valence-electron chi connectivity index (χ0n) is 8.01. The minimum atomic E-state index is 0.614. The molecule has 1 aromatic heterocycles. The van der Waals surface area contributed by atoms with Crippen LogP contribution in [0.25, 0.3) is 0 Å². The zero-order chi connectivity index (χ0) is 10.5. The highest BCUT2D eigenvalue weighted by atomic mass is 15.0. The van der Waals surface area contributed by atoms with Gasteiger partial charge in [0.05, 0.1) is 11.3 Å². The molecule has 0 unspecified atom stereocenters. The highest BCUT2D eigenvalue weighted by Gasteiger charge is 2.00. The standard InChI is InChI=1S/C12H9N3/c13-9-10-5-1-2-6-11(10)15-12-7-3-4-8-14-12/h1-8H,(H,14,15). The molecular formula is C12H9N3. The quantitative estimate of drug-likeness (QED) is 0.801. The second kappa shape index (κ2) is 4.25. The van der Waals surface area contributed by atoms with Crippen LogP contribution in [-0.4, -0.2) is 4.98 Å². The first-order valence-electron chi connectivity index (χ1n) is 4.57. The SMILES string of the molecule is N#Cc1ccccc1Nc1ccccn1. The molecule has 3 heteroatoms. The lowest BCUT2D eigenvalue weighted by molar-refractivity contribution is 1.30. The van der Waals surface area contributed by atoms with E-state index in [1.807, 2.05) is 36.4 Å². The smallest absolute Gasteiger partial charge is 0.130 e. The lowest BCUT2D eigenvalue weighted by Gasteiger charge is -2.05. The van der Waals surface area contributed by atoms with Gasteiger partial charge in [-0.3, -0.25) is 0 Å². The highest BCUT2D eigenvalue weighted by molar-refractivity contribution is 5.64. The third kappa shape index (κ3) is 2.12. The third-order valence-corrected chi connectivity index (χ3v) is 1.98. The Morgan fingerprint density at radius 1 is 1.07 bits per heavy atom. The molecule has 0 aliphatic heterocycles. The van der Waals surface area contributed by atoms with Crippen molar-refractivity contribution in [2.45, 2.75) is 0 Å². The maximum atomic E-state index is 8.89. The van der Waals surface area contributed by atoms with Gasteiger partial charge < -0.3 is 5.32 Å². The largest absolute Gasteiger partial charge is 0.339 e. The molecule has 3 nitrogen and oxygen atoms in total. The Morgan fingerprint density at radius 3 is 2.60 bits per heavy atom. The lowest BCUT2D eigenvalue weighted by Crippen LogP contribution is -1.94. The fraction of sp³-hybridized carbons (Fsp3) is 0. The molecule has 15 heavy (non-hydrogen) atoms. The van der Waals surface area contributed by atoms with Gasteiger partial charge in [0.15, 0.2) is 0 Å². The van der Waals surface area contributed by atoms with Crippen LogP contribution in [0.15, 0.2) is 48.7 Å².